The van der Waals surface area contributed by atoms with Gasteiger partial charge in [0, 0.05) is 23.3 Å². The Hall–Kier alpha value is -9.09. The van der Waals surface area contributed by atoms with Crippen molar-refractivity contribution in [1.82, 2.24) is 14.1 Å². The Kier molecular flexibility index (Phi) is 14.2. The molecule has 450 valence electrons. The van der Waals surface area contributed by atoms with Gasteiger partial charge in [-0.05, 0) is 63.3 Å². The first kappa shape index (κ1) is 58.6. The maximum absolute atomic E-state index is 7.23. The summed E-state index contributed by atoms with van der Waals surface area (Å²) < 4.78 is 13.0. The SMILES string of the molecule is CC(C)(C)c1ccnc(N2c3[c-]c(Oc4[c-]c(-n5[c](=[Pt])n(-c6c(-c7ccccc7)cc(C(C)(C)C)cc6-c6ccccc6)c6ccccc65)ccc4)ccc3C3(c4ccccc42)c2cc(C(C)(C)C)ccc2N(c2ccccc2)c2ccc(C(C)(C)C)cc23)c1. The predicted octanol–water partition coefficient (Wildman–Crippen LogP) is 21.8. The maximum atomic E-state index is 7.23. The summed E-state index contributed by atoms with van der Waals surface area (Å²) in [5, 5.41) is 0. The number of pyridine rings is 1. The van der Waals surface area contributed by atoms with Crippen LogP contribution in [0.15, 0.2) is 237 Å². The molecule has 0 amide bonds. The molecule has 6 nitrogen and oxygen atoms in total. The van der Waals surface area contributed by atoms with Gasteiger partial charge in [0.25, 0.3) is 0 Å². The van der Waals surface area contributed by atoms with E-state index in [0.29, 0.717) is 11.5 Å². The molecule has 0 fully saturated rings. The second-order valence-corrected chi connectivity index (χ2v) is 29.3. The molecule has 10 aromatic carbocycles. The van der Waals surface area contributed by atoms with Crippen LogP contribution in [0.25, 0.3) is 44.7 Å². The van der Waals surface area contributed by atoms with Crippen LogP contribution < -0.4 is 14.5 Å². The van der Waals surface area contributed by atoms with Crippen LogP contribution in [0, 0.1) is 15.9 Å². The van der Waals surface area contributed by atoms with E-state index >= 15 is 0 Å². The van der Waals surface area contributed by atoms with Crippen molar-refractivity contribution in [2.24, 2.45) is 0 Å². The van der Waals surface area contributed by atoms with Gasteiger partial charge in [0.2, 0.25) is 0 Å². The smallest absolute Gasteiger partial charge is 0.310 e. The monoisotopic (exact) mass is 1350 g/mol. The van der Waals surface area contributed by atoms with Crippen LogP contribution in [0.5, 0.6) is 11.5 Å². The van der Waals surface area contributed by atoms with E-state index in [1.54, 1.807) is 0 Å². The fraction of sp³-hybridized carbons (Fsp3) is 0.205. The Labute approximate surface area is 542 Å². The van der Waals surface area contributed by atoms with Gasteiger partial charge in [-0.3, -0.25) is 0 Å². The van der Waals surface area contributed by atoms with E-state index in [-0.39, 0.29) is 21.7 Å². The Morgan fingerprint density at radius 1 is 0.400 bits per heavy atom. The van der Waals surface area contributed by atoms with E-state index in [2.05, 4.69) is 358 Å². The summed E-state index contributed by atoms with van der Waals surface area (Å²) in [6, 6.07) is 92.3. The molecule has 0 saturated heterocycles. The van der Waals surface area contributed by atoms with Crippen molar-refractivity contribution in [2.75, 3.05) is 9.80 Å². The molecule has 12 aromatic rings. The topological polar surface area (TPSA) is 38.5 Å². The zero-order chi connectivity index (χ0) is 62.6. The summed E-state index contributed by atoms with van der Waals surface area (Å²) in [5.74, 6) is 1.93. The molecule has 90 heavy (non-hydrogen) atoms. The van der Waals surface area contributed by atoms with E-state index in [1.165, 1.54) is 38.9 Å². The van der Waals surface area contributed by atoms with Crippen LogP contribution >= 0.6 is 0 Å². The molecule has 0 atom stereocenters. The summed E-state index contributed by atoms with van der Waals surface area (Å²) in [6.07, 6.45) is 1.96. The predicted molar refractivity (Wildman–Crippen MR) is 368 cm³/mol. The number of hydrogen-bond donors (Lipinski definition) is 0. The molecular formula is C83H75N5OPt-2. The minimum absolute atomic E-state index is 0.107. The first-order valence-electron chi connectivity index (χ1n) is 31.4. The minimum atomic E-state index is -0.848. The van der Waals surface area contributed by atoms with E-state index in [1.807, 2.05) is 12.3 Å². The molecule has 7 heteroatoms. The van der Waals surface area contributed by atoms with Crippen LogP contribution in [0.2, 0.25) is 0 Å². The van der Waals surface area contributed by atoms with Gasteiger partial charge in [0.05, 0.1) is 0 Å². The summed E-state index contributed by atoms with van der Waals surface area (Å²) in [5.41, 5.74) is 22.2. The van der Waals surface area contributed by atoms with E-state index in [9.17, 15) is 0 Å². The molecule has 0 unspecified atom stereocenters. The number of aromatic nitrogens is 3. The molecule has 2 aliphatic heterocycles. The molecule has 2 aliphatic rings. The summed E-state index contributed by atoms with van der Waals surface area (Å²) >= 11 is 2.53. The molecule has 0 saturated carbocycles. The van der Waals surface area contributed by atoms with Crippen LogP contribution in [-0.4, -0.2) is 14.1 Å². The van der Waals surface area contributed by atoms with E-state index < -0.39 is 5.41 Å². The second kappa shape index (κ2) is 21.8. The molecule has 0 radical (unpaired) electrons. The molecule has 0 bridgehead atoms. The van der Waals surface area contributed by atoms with Crippen molar-refractivity contribution < 1.29 is 24.1 Å². The fourth-order valence-corrected chi connectivity index (χ4v) is 14.6. The molecule has 2 aromatic heterocycles. The van der Waals surface area contributed by atoms with Crippen LogP contribution in [0.1, 0.15) is 128 Å². The number of nitrogens with zero attached hydrogens (tertiary/aromatic N) is 5. The fourth-order valence-electron chi connectivity index (χ4n) is 13.5. The van der Waals surface area contributed by atoms with E-state index in [0.717, 1.165) is 88.3 Å². The number of ether oxygens (including phenoxy) is 1. The number of hydrogen-bond acceptors (Lipinski definition) is 4. The van der Waals surface area contributed by atoms with Crippen LogP contribution in [0.4, 0.5) is 34.3 Å². The Bertz CT molecular complexity index is 4690. The molecule has 14 rings (SSSR count). The standard InChI is InChI=1S/C83H75N5O.Pt/c1-79(2,3)57-39-43-72-69(49-57)83(70-50-58(80(4,5)6)40-44-73(70)87(72)61-31-20-15-21-32-61)67-35-22-23-36-71(67)88(77-51-59(45-46-84-77)81(7,8)9)76-53-64(41-42-68(76)83)89-63-34-26-33-62(52-63)85-54-86(75-38-25-24-37-74(75)85)78-65(55-27-16-13-17-28-55)47-60(82(10,11)12)48-66(78)56-29-18-14-19-30-56;/h13-51H,1-12H3;/q-2;. The van der Waals surface area contributed by atoms with Gasteiger partial charge >= 0.3 is 331 Å². The first-order chi connectivity index (χ1) is 43.1. The average Bonchev–Trinajstić information content (AvgIpc) is 0.793. The quantitative estimate of drug-likeness (QED) is 0.142. The molecular weight excluding hydrogens is 1280 g/mol. The van der Waals surface area contributed by atoms with Gasteiger partial charge in [-0.25, -0.2) is 0 Å². The molecule has 0 N–H and O–H groups in total. The first-order valence-corrected chi connectivity index (χ1v) is 32.5. The average molecular weight is 1350 g/mol. The summed E-state index contributed by atoms with van der Waals surface area (Å²) in [6.45, 7) is 27.6. The number of para-hydroxylation sites is 4. The van der Waals surface area contributed by atoms with Crippen LogP contribution in [-0.2, 0) is 46.4 Å². The zero-order valence-electron chi connectivity index (χ0n) is 53.5. The van der Waals surface area contributed by atoms with Crippen molar-refractivity contribution in [3.05, 3.63) is 297 Å². The summed E-state index contributed by atoms with van der Waals surface area (Å²) in [7, 11) is 0. The van der Waals surface area contributed by atoms with Gasteiger partial charge in [0.15, 0.2) is 0 Å². The van der Waals surface area contributed by atoms with Gasteiger partial charge < -0.3 is 4.90 Å². The van der Waals surface area contributed by atoms with Crippen molar-refractivity contribution in [3.63, 3.8) is 0 Å². The number of fused-ring (bicyclic) bond motifs is 9. The molecule has 0 aliphatic carbocycles. The third kappa shape index (κ3) is 9.90. The number of anilines is 6. The number of rotatable bonds is 8. The van der Waals surface area contributed by atoms with E-state index in [4.69, 9.17) is 9.72 Å². The third-order valence-electron chi connectivity index (χ3n) is 18.2. The van der Waals surface area contributed by atoms with Crippen molar-refractivity contribution in [3.8, 4) is 45.1 Å². The van der Waals surface area contributed by atoms with Gasteiger partial charge in [-0.1, -0.05) is 123 Å². The normalized spacial score (nSPS) is 13.7. The van der Waals surface area contributed by atoms with Gasteiger partial charge in [-0.2, -0.15) is 0 Å². The zero-order valence-corrected chi connectivity index (χ0v) is 55.7. The Morgan fingerprint density at radius 2 is 0.900 bits per heavy atom. The number of imidazole rings is 1. The Balaban J connectivity index is 0.991. The molecule has 4 heterocycles. The van der Waals surface area contributed by atoms with Crippen molar-refractivity contribution >= 4 is 45.3 Å². The van der Waals surface area contributed by atoms with Crippen molar-refractivity contribution in [2.45, 2.75) is 110 Å². The van der Waals surface area contributed by atoms with Gasteiger partial charge in [-0.15, -0.1) is 0 Å². The second-order valence-electron chi connectivity index (χ2n) is 28.3. The third-order valence-corrected chi connectivity index (χ3v) is 19.2. The van der Waals surface area contributed by atoms with Crippen molar-refractivity contribution in [1.29, 1.82) is 0 Å². The van der Waals surface area contributed by atoms with Gasteiger partial charge in [0.1, 0.15) is 0 Å². The summed E-state index contributed by atoms with van der Waals surface area (Å²) in [4.78, 5) is 10.1. The number of benzene rings is 10. The van der Waals surface area contributed by atoms with Crippen LogP contribution in [0.3, 0.4) is 0 Å². The Morgan fingerprint density at radius 3 is 1.48 bits per heavy atom. The minimum Gasteiger partial charge on any atom is -0.310 e. The molecule has 1 spiro atoms.